The van der Waals surface area contributed by atoms with Gasteiger partial charge in [0, 0.05) is 25.2 Å². The zero-order valence-electron chi connectivity index (χ0n) is 17.0. The molecule has 2 unspecified atom stereocenters. The molecule has 0 aromatic heterocycles. The van der Waals surface area contributed by atoms with Crippen LogP contribution >= 0.6 is 0 Å². The molecule has 2 heteroatoms. The molecule has 1 saturated carbocycles. The molecule has 0 amide bonds. The molecule has 1 saturated heterocycles. The van der Waals surface area contributed by atoms with Crippen molar-refractivity contribution in [2.24, 2.45) is 0 Å². The molecular weight excluding hydrogens is 352 g/mol. The molecule has 0 radical (unpaired) electrons. The molecular formula is C27H30N2. The Hall–Kier alpha value is -2.42. The summed E-state index contributed by atoms with van der Waals surface area (Å²) in [5.74, 6) is 0. The van der Waals surface area contributed by atoms with Gasteiger partial charge in [0.15, 0.2) is 0 Å². The topological polar surface area (TPSA) is 6.48 Å². The zero-order valence-corrected chi connectivity index (χ0v) is 17.0. The van der Waals surface area contributed by atoms with Gasteiger partial charge < -0.3 is 0 Å². The molecule has 2 aliphatic rings. The Bertz CT molecular complexity index is 836. The lowest BCUT2D eigenvalue weighted by Crippen LogP contribution is -2.39. The molecule has 1 aliphatic heterocycles. The summed E-state index contributed by atoms with van der Waals surface area (Å²) in [6.45, 7) is 2.04. The normalized spacial score (nSPS) is 25.0. The fraction of sp³-hybridized carbons (Fsp3) is 0.333. The van der Waals surface area contributed by atoms with Gasteiger partial charge in [-0.1, -0.05) is 104 Å². The quantitative estimate of drug-likeness (QED) is 0.533. The first-order valence-corrected chi connectivity index (χ1v) is 11.0. The predicted molar refractivity (Wildman–Crippen MR) is 119 cm³/mol. The molecule has 0 spiro atoms. The first-order valence-electron chi connectivity index (χ1n) is 11.0. The van der Waals surface area contributed by atoms with E-state index in [1.165, 1.54) is 42.4 Å². The van der Waals surface area contributed by atoms with Crippen LogP contribution in [-0.2, 0) is 13.1 Å². The lowest BCUT2D eigenvalue weighted by atomic mass is 9.90. The van der Waals surface area contributed by atoms with Crippen molar-refractivity contribution in [1.29, 1.82) is 0 Å². The third kappa shape index (κ3) is 3.88. The van der Waals surface area contributed by atoms with Crippen molar-refractivity contribution in [3.63, 3.8) is 0 Å². The van der Waals surface area contributed by atoms with Gasteiger partial charge in [0.25, 0.3) is 0 Å². The third-order valence-electron chi connectivity index (χ3n) is 6.69. The second-order valence-corrected chi connectivity index (χ2v) is 8.52. The maximum Gasteiger partial charge on any atom is 0.0897 e. The highest BCUT2D eigenvalue weighted by atomic mass is 15.5. The first kappa shape index (κ1) is 18.6. The average Bonchev–Trinajstić information content (AvgIpc) is 3.09. The molecule has 1 aliphatic carbocycles. The molecule has 5 rings (SSSR count). The van der Waals surface area contributed by atoms with E-state index in [2.05, 4.69) is 101 Å². The minimum atomic E-state index is 0.338. The fourth-order valence-electron chi connectivity index (χ4n) is 5.42. The van der Waals surface area contributed by atoms with Crippen LogP contribution in [0.15, 0.2) is 91.0 Å². The molecule has 0 bridgehead atoms. The smallest absolute Gasteiger partial charge is 0.0897 e. The van der Waals surface area contributed by atoms with Gasteiger partial charge in [-0.25, -0.2) is 0 Å². The standard InChI is InChI=1S/C27H30N2/c1-4-12-22(13-5-1)20-28-25-18-10-11-19-26(25)29(21-23-14-6-2-7-15-23)27(28)24-16-8-3-9-17-24/h1-9,12-17,25-27H,10-11,18-21H2. The van der Waals surface area contributed by atoms with Crippen molar-refractivity contribution in [3.05, 3.63) is 108 Å². The summed E-state index contributed by atoms with van der Waals surface area (Å²) in [6.07, 6.45) is 5.67. The second kappa shape index (κ2) is 8.52. The fourth-order valence-corrected chi connectivity index (χ4v) is 5.42. The Kier molecular flexibility index (Phi) is 5.47. The van der Waals surface area contributed by atoms with E-state index in [-0.39, 0.29) is 0 Å². The van der Waals surface area contributed by atoms with Crippen LogP contribution < -0.4 is 0 Å². The van der Waals surface area contributed by atoms with E-state index < -0.39 is 0 Å². The molecule has 2 nitrogen and oxygen atoms in total. The largest absolute Gasteiger partial charge is 0.275 e. The summed E-state index contributed by atoms with van der Waals surface area (Å²) in [6, 6.07) is 34.5. The maximum atomic E-state index is 2.79. The van der Waals surface area contributed by atoms with E-state index in [1.807, 2.05) is 0 Å². The van der Waals surface area contributed by atoms with E-state index in [9.17, 15) is 0 Å². The number of rotatable bonds is 5. The van der Waals surface area contributed by atoms with Crippen molar-refractivity contribution in [1.82, 2.24) is 9.80 Å². The van der Waals surface area contributed by atoms with Gasteiger partial charge in [0.05, 0.1) is 6.17 Å². The highest BCUT2D eigenvalue weighted by molar-refractivity contribution is 5.25. The van der Waals surface area contributed by atoms with Crippen LogP contribution in [0.1, 0.15) is 48.5 Å². The summed E-state index contributed by atoms with van der Waals surface area (Å²) in [5, 5.41) is 0. The Balaban J connectivity index is 1.54. The van der Waals surface area contributed by atoms with Gasteiger partial charge in [-0.3, -0.25) is 9.80 Å². The van der Waals surface area contributed by atoms with Crippen molar-refractivity contribution in [2.45, 2.75) is 57.0 Å². The van der Waals surface area contributed by atoms with Crippen molar-refractivity contribution < 1.29 is 0 Å². The van der Waals surface area contributed by atoms with E-state index >= 15 is 0 Å². The van der Waals surface area contributed by atoms with Gasteiger partial charge in [-0.2, -0.15) is 0 Å². The minimum absolute atomic E-state index is 0.338. The van der Waals surface area contributed by atoms with E-state index in [4.69, 9.17) is 0 Å². The van der Waals surface area contributed by atoms with Gasteiger partial charge in [-0.05, 0) is 29.5 Å². The molecule has 3 aromatic rings. The minimum Gasteiger partial charge on any atom is -0.275 e. The Morgan fingerprint density at radius 3 is 1.41 bits per heavy atom. The van der Waals surface area contributed by atoms with Gasteiger partial charge in [-0.15, -0.1) is 0 Å². The molecule has 148 valence electrons. The van der Waals surface area contributed by atoms with Crippen LogP contribution in [0.4, 0.5) is 0 Å². The Morgan fingerprint density at radius 1 is 0.552 bits per heavy atom. The average molecular weight is 383 g/mol. The number of benzene rings is 3. The van der Waals surface area contributed by atoms with E-state index in [0.29, 0.717) is 18.2 Å². The third-order valence-corrected chi connectivity index (χ3v) is 6.69. The van der Waals surface area contributed by atoms with Crippen molar-refractivity contribution >= 4 is 0 Å². The van der Waals surface area contributed by atoms with Crippen molar-refractivity contribution in [2.75, 3.05) is 0 Å². The van der Waals surface area contributed by atoms with E-state index in [1.54, 1.807) is 0 Å². The summed E-state index contributed by atoms with van der Waals surface area (Å²) >= 11 is 0. The molecule has 29 heavy (non-hydrogen) atoms. The molecule has 2 fully saturated rings. The number of hydrogen-bond acceptors (Lipinski definition) is 2. The first-order chi connectivity index (χ1) is 14.4. The van der Waals surface area contributed by atoms with Crippen LogP contribution in [0.5, 0.6) is 0 Å². The van der Waals surface area contributed by atoms with Gasteiger partial charge in [0.2, 0.25) is 0 Å². The maximum absolute atomic E-state index is 2.79. The highest BCUT2D eigenvalue weighted by Gasteiger charge is 2.47. The number of hydrogen-bond donors (Lipinski definition) is 0. The SMILES string of the molecule is c1ccc(CN2C3CCCCC3N(Cc3ccccc3)C2c2ccccc2)cc1. The second-order valence-electron chi connectivity index (χ2n) is 8.52. The molecule has 1 heterocycles. The summed E-state index contributed by atoms with van der Waals surface area (Å²) < 4.78 is 0. The number of nitrogens with zero attached hydrogens (tertiary/aromatic N) is 2. The van der Waals surface area contributed by atoms with Crippen molar-refractivity contribution in [3.8, 4) is 0 Å². The van der Waals surface area contributed by atoms with Gasteiger partial charge >= 0.3 is 0 Å². The van der Waals surface area contributed by atoms with Crippen LogP contribution in [-0.4, -0.2) is 21.9 Å². The molecule has 2 atom stereocenters. The lowest BCUT2D eigenvalue weighted by molar-refractivity contribution is 0.102. The highest BCUT2D eigenvalue weighted by Crippen LogP contribution is 2.45. The molecule has 3 aromatic carbocycles. The van der Waals surface area contributed by atoms with Gasteiger partial charge in [0.1, 0.15) is 0 Å². The lowest BCUT2D eigenvalue weighted by Gasteiger charge is -2.32. The Morgan fingerprint density at radius 2 is 0.966 bits per heavy atom. The number of fused-ring (bicyclic) bond motifs is 1. The zero-order chi connectivity index (χ0) is 19.5. The Labute approximate surface area is 174 Å². The summed E-state index contributed by atoms with van der Waals surface area (Å²) in [4.78, 5) is 5.58. The monoisotopic (exact) mass is 382 g/mol. The van der Waals surface area contributed by atoms with Crippen LogP contribution in [0.3, 0.4) is 0 Å². The summed E-state index contributed by atoms with van der Waals surface area (Å²) in [7, 11) is 0. The van der Waals surface area contributed by atoms with Crippen LogP contribution in [0, 0.1) is 0 Å². The van der Waals surface area contributed by atoms with Crippen LogP contribution in [0.2, 0.25) is 0 Å². The van der Waals surface area contributed by atoms with Crippen LogP contribution in [0.25, 0.3) is 0 Å². The molecule has 0 N–H and O–H groups in total. The van der Waals surface area contributed by atoms with E-state index in [0.717, 1.165) is 13.1 Å². The summed E-state index contributed by atoms with van der Waals surface area (Å²) in [5.41, 5.74) is 4.26. The predicted octanol–water partition coefficient (Wildman–Crippen LogP) is 6.01.